The molecule has 2 heterocycles. The summed E-state index contributed by atoms with van der Waals surface area (Å²) < 4.78 is 20.1. The lowest BCUT2D eigenvalue weighted by molar-refractivity contribution is -0.116. The molecule has 2 aromatic carbocycles. The van der Waals surface area contributed by atoms with Crippen molar-refractivity contribution in [2.75, 3.05) is 18.5 Å². The highest BCUT2D eigenvalue weighted by Gasteiger charge is 2.27. The van der Waals surface area contributed by atoms with Crippen molar-refractivity contribution in [2.45, 2.75) is 40.3 Å². The lowest BCUT2D eigenvalue weighted by Gasteiger charge is -2.28. The van der Waals surface area contributed by atoms with E-state index >= 15 is 0 Å². The highest BCUT2D eigenvalue weighted by Crippen LogP contribution is 2.22. The van der Waals surface area contributed by atoms with Crippen LogP contribution in [-0.2, 0) is 29.0 Å². The zero-order valence-corrected chi connectivity index (χ0v) is 19.9. The molecule has 0 saturated heterocycles. The summed E-state index contributed by atoms with van der Waals surface area (Å²) in [7, 11) is 0. The molecule has 0 bridgehead atoms. The monoisotopic (exact) mass is 478 g/mol. The number of carbonyl (C=O) groups excluding carboxylic acids is 2. The van der Waals surface area contributed by atoms with E-state index in [9.17, 15) is 18.8 Å². The van der Waals surface area contributed by atoms with Gasteiger partial charge in [-0.05, 0) is 44.9 Å². The van der Waals surface area contributed by atoms with Crippen LogP contribution in [-0.4, -0.2) is 39.6 Å². The van der Waals surface area contributed by atoms with Crippen molar-refractivity contribution in [3.05, 3.63) is 81.0 Å². The zero-order chi connectivity index (χ0) is 25.1. The summed E-state index contributed by atoms with van der Waals surface area (Å²) in [5.74, 6) is -0.615. The standard InChI is InChI=1S/C26H27FN4O4/c1-4-35-26(34)30-12-11-20-22(14-30)29-24(18-8-5-16(2)6-9-18)31(25(20)33)15-23(32)28-21-13-19(27)10-7-17(21)3/h5-10,13H,4,11-12,14-15H2,1-3H3,(H,28,32). The number of nitrogens with zero attached hydrogens (tertiary/aromatic N) is 3. The number of hydrogen-bond acceptors (Lipinski definition) is 5. The van der Waals surface area contributed by atoms with E-state index in [0.717, 1.165) is 5.56 Å². The van der Waals surface area contributed by atoms with Gasteiger partial charge < -0.3 is 15.0 Å². The SMILES string of the molecule is CCOC(=O)N1CCc2c(nc(-c3ccc(C)cc3)n(CC(=O)Nc3cc(F)ccc3C)c2=O)C1. The number of nitrogens with one attached hydrogen (secondary N) is 1. The molecule has 0 aliphatic carbocycles. The van der Waals surface area contributed by atoms with E-state index in [1.165, 1.54) is 21.6 Å². The molecule has 182 valence electrons. The number of aryl methyl sites for hydroxylation is 2. The van der Waals surface area contributed by atoms with Gasteiger partial charge in [0.2, 0.25) is 5.91 Å². The number of amides is 2. The molecule has 8 nitrogen and oxygen atoms in total. The molecule has 0 unspecified atom stereocenters. The fraction of sp³-hybridized carbons (Fsp3) is 0.308. The third-order valence-electron chi connectivity index (χ3n) is 5.93. The Hall–Kier alpha value is -4.01. The average molecular weight is 479 g/mol. The van der Waals surface area contributed by atoms with Crippen molar-refractivity contribution >= 4 is 17.7 Å². The Morgan fingerprint density at radius 2 is 1.89 bits per heavy atom. The molecule has 35 heavy (non-hydrogen) atoms. The molecule has 9 heteroatoms. The van der Waals surface area contributed by atoms with E-state index < -0.39 is 17.8 Å². The first-order chi connectivity index (χ1) is 16.8. The minimum Gasteiger partial charge on any atom is -0.450 e. The van der Waals surface area contributed by atoms with Crippen LogP contribution in [0.25, 0.3) is 11.4 Å². The Bertz CT molecular complexity index is 1330. The van der Waals surface area contributed by atoms with Gasteiger partial charge in [0.25, 0.3) is 5.56 Å². The van der Waals surface area contributed by atoms with E-state index in [2.05, 4.69) is 5.32 Å². The summed E-state index contributed by atoms with van der Waals surface area (Å²) in [6, 6.07) is 11.6. The van der Waals surface area contributed by atoms with Crippen molar-refractivity contribution in [1.29, 1.82) is 0 Å². The molecule has 0 saturated carbocycles. The number of benzene rings is 2. The molecule has 1 aliphatic rings. The molecular weight excluding hydrogens is 451 g/mol. The second-order valence-corrected chi connectivity index (χ2v) is 8.50. The molecule has 1 aliphatic heterocycles. The first kappa shape index (κ1) is 24.1. The van der Waals surface area contributed by atoms with Crippen LogP contribution in [0.2, 0.25) is 0 Å². The molecule has 0 spiro atoms. The summed E-state index contributed by atoms with van der Waals surface area (Å²) in [6.45, 7) is 5.88. The zero-order valence-electron chi connectivity index (χ0n) is 19.9. The number of ether oxygens (including phenoxy) is 1. The number of anilines is 1. The van der Waals surface area contributed by atoms with Crippen molar-refractivity contribution in [1.82, 2.24) is 14.5 Å². The number of carbonyl (C=O) groups is 2. The third kappa shape index (κ3) is 5.24. The van der Waals surface area contributed by atoms with Crippen LogP contribution in [0, 0.1) is 19.7 Å². The van der Waals surface area contributed by atoms with Gasteiger partial charge in [-0.3, -0.25) is 14.2 Å². The van der Waals surface area contributed by atoms with Gasteiger partial charge in [-0.25, -0.2) is 14.2 Å². The fourth-order valence-electron chi connectivity index (χ4n) is 4.03. The Kier molecular flexibility index (Phi) is 6.95. The van der Waals surface area contributed by atoms with Crippen molar-refractivity contribution in [2.24, 2.45) is 0 Å². The number of halogens is 1. The van der Waals surface area contributed by atoms with Gasteiger partial charge in [-0.1, -0.05) is 35.9 Å². The second kappa shape index (κ2) is 10.1. The van der Waals surface area contributed by atoms with E-state index in [1.54, 1.807) is 19.9 Å². The highest BCUT2D eigenvalue weighted by molar-refractivity contribution is 5.91. The van der Waals surface area contributed by atoms with Gasteiger partial charge in [0, 0.05) is 23.4 Å². The molecule has 2 amide bonds. The topological polar surface area (TPSA) is 93.5 Å². The van der Waals surface area contributed by atoms with Crippen LogP contribution in [0.15, 0.2) is 47.3 Å². The largest absolute Gasteiger partial charge is 0.450 e. The summed E-state index contributed by atoms with van der Waals surface area (Å²) in [6.07, 6.45) is -0.149. The van der Waals surface area contributed by atoms with E-state index in [1.807, 2.05) is 31.2 Å². The van der Waals surface area contributed by atoms with Gasteiger partial charge in [0.05, 0.1) is 18.8 Å². The molecule has 4 rings (SSSR count). The minimum absolute atomic E-state index is 0.151. The molecular formula is C26H27FN4O4. The molecule has 1 N–H and O–H groups in total. The van der Waals surface area contributed by atoms with Crippen LogP contribution in [0.4, 0.5) is 14.9 Å². The van der Waals surface area contributed by atoms with Crippen LogP contribution in [0.1, 0.15) is 29.3 Å². The van der Waals surface area contributed by atoms with Crippen LogP contribution < -0.4 is 10.9 Å². The molecule has 0 radical (unpaired) electrons. The Balaban J connectivity index is 1.72. The van der Waals surface area contributed by atoms with E-state index in [0.29, 0.717) is 46.9 Å². The molecule has 3 aromatic rings. The van der Waals surface area contributed by atoms with Gasteiger partial charge in [0.15, 0.2) is 0 Å². The number of fused-ring (bicyclic) bond motifs is 1. The van der Waals surface area contributed by atoms with Gasteiger partial charge in [-0.15, -0.1) is 0 Å². The summed E-state index contributed by atoms with van der Waals surface area (Å²) in [4.78, 5) is 44.9. The van der Waals surface area contributed by atoms with E-state index in [4.69, 9.17) is 9.72 Å². The van der Waals surface area contributed by atoms with Crippen molar-refractivity contribution < 1.29 is 18.7 Å². The van der Waals surface area contributed by atoms with Crippen LogP contribution >= 0.6 is 0 Å². The normalized spacial score (nSPS) is 12.7. The van der Waals surface area contributed by atoms with Crippen molar-refractivity contribution in [3.63, 3.8) is 0 Å². The smallest absolute Gasteiger partial charge is 0.410 e. The summed E-state index contributed by atoms with van der Waals surface area (Å²) >= 11 is 0. The quantitative estimate of drug-likeness (QED) is 0.602. The number of hydrogen-bond donors (Lipinski definition) is 1. The summed E-state index contributed by atoms with van der Waals surface area (Å²) in [5, 5.41) is 2.69. The number of aromatic nitrogens is 2. The van der Waals surface area contributed by atoms with E-state index in [-0.39, 0.29) is 25.3 Å². The number of rotatable bonds is 5. The second-order valence-electron chi connectivity index (χ2n) is 8.50. The first-order valence-electron chi connectivity index (χ1n) is 11.4. The predicted octanol–water partition coefficient (Wildman–Crippen LogP) is 3.82. The van der Waals surface area contributed by atoms with Crippen molar-refractivity contribution in [3.8, 4) is 11.4 Å². The lowest BCUT2D eigenvalue weighted by atomic mass is 10.1. The van der Waals surface area contributed by atoms with Gasteiger partial charge in [0.1, 0.15) is 18.2 Å². The Labute approximate surface area is 202 Å². The third-order valence-corrected chi connectivity index (χ3v) is 5.93. The molecule has 0 atom stereocenters. The molecule has 1 aromatic heterocycles. The highest BCUT2D eigenvalue weighted by atomic mass is 19.1. The van der Waals surface area contributed by atoms with Gasteiger partial charge in [-0.2, -0.15) is 0 Å². The maximum atomic E-state index is 13.7. The Morgan fingerprint density at radius 1 is 1.14 bits per heavy atom. The maximum absolute atomic E-state index is 13.7. The van der Waals surface area contributed by atoms with Crippen LogP contribution in [0.3, 0.4) is 0 Å². The first-order valence-corrected chi connectivity index (χ1v) is 11.4. The Morgan fingerprint density at radius 3 is 2.60 bits per heavy atom. The fourth-order valence-corrected chi connectivity index (χ4v) is 4.03. The molecule has 0 fully saturated rings. The maximum Gasteiger partial charge on any atom is 0.410 e. The summed E-state index contributed by atoms with van der Waals surface area (Å²) in [5.41, 5.74) is 3.37. The predicted molar refractivity (Wildman–Crippen MR) is 130 cm³/mol. The lowest BCUT2D eigenvalue weighted by Crippen LogP contribution is -2.42. The minimum atomic E-state index is -0.472. The average Bonchev–Trinajstić information content (AvgIpc) is 2.83. The van der Waals surface area contributed by atoms with Crippen LogP contribution in [0.5, 0.6) is 0 Å². The van der Waals surface area contributed by atoms with Gasteiger partial charge >= 0.3 is 6.09 Å².